The molecule has 8 heteroatoms. The minimum absolute atomic E-state index is 0.0830. The van der Waals surface area contributed by atoms with Crippen LogP contribution in [0.15, 0.2) is 24.4 Å². The third-order valence-corrected chi connectivity index (χ3v) is 7.69. The van der Waals surface area contributed by atoms with Crippen LogP contribution in [0.5, 0.6) is 0 Å². The number of hydrogen-bond acceptors (Lipinski definition) is 5. The van der Waals surface area contributed by atoms with Crippen molar-refractivity contribution in [2.24, 2.45) is 5.92 Å². The van der Waals surface area contributed by atoms with Gasteiger partial charge in [-0.05, 0) is 69.8 Å². The lowest BCUT2D eigenvalue weighted by molar-refractivity contribution is 0.158. The van der Waals surface area contributed by atoms with Gasteiger partial charge in [-0.3, -0.25) is 4.90 Å². The third kappa shape index (κ3) is 3.97. The quantitative estimate of drug-likeness (QED) is 0.511. The van der Waals surface area contributed by atoms with Gasteiger partial charge in [-0.1, -0.05) is 36.2 Å². The molecule has 2 unspecified atom stereocenters. The fraction of sp³-hybridized carbons (Fsp3) is 0.542. The van der Waals surface area contributed by atoms with Crippen LogP contribution in [0.4, 0.5) is 5.82 Å². The molecule has 3 aromatic rings. The van der Waals surface area contributed by atoms with Crippen molar-refractivity contribution in [3.8, 4) is 0 Å². The SMILES string of the molecule is Cc1nn([C@H](C)c2ccc(Cl)cc2Cl)c2nc(N3CCC(N4CCCC4)C(C)C3)cnc12. The minimum atomic E-state index is -0.0830. The van der Waals surface area contributed by atoms with Gasteiger partial charge >= 0.3 is 0 Å². The molecule has 2 aliphatic rings. The maximum absolute atomic E-state index is 6.49. The molecule has 6 nitrogen and oxygen atoms in total. The van der Waals surface area contributed by atoms with Crippen LogP contribution < -0.4 is 4.90 Å². The first-order valence-corrected chi connectivity index (χ1v) is 12.3. The first-order valence-electron chi connectivity index (χ1n) is 11.6. The minimum Gasteiger partial charge on any atom is -0.355 e. The van der Waals surface area contributed by atoms with E-state index in [-0.39, 0.29) is 6.04 Å². The van der Waals surface area contributed by atoms with Gasteiger partial charge in [0.1, 0.15) is 11.3 Å². The number of anilines is 1. The number of aromatic nitrogens is 4. The number of rotatable bonds is 4. The summed E-state index contributed by atoms with van der Waals surface area (Å²) in [4.78, 5) is 14.9. The molecule has 2 fully saturated rings. The Balaban J connectivity index is 1.44. The number of nitrogens with zero attached hydrogens (tertiary/aromatic N) is 6. The highest BCUT2D eigenvalue weighted by Crippen LogP contribution is 2.32. The van der Waals surface area contributed by atoms with Crippen molar-refractivity contribution in [2.45, 2.75) is 52.1 Å². The predicted octanol–water partition coefficient (Wildman–Crippen LogP) is 5.36. The Labute approximate surface area is 199 Å². The van der Waals surface area contributed by atoms with Gasteiger partial charge in [0, 0.05) is 29.2 Å². The second kappa shape index (κ2) is 8.81. The average molecular weight is 473 g/mol. The summed E-state index contributed by atoms with van der Waals surface area (Å²) in [5.74, 6) is 1.54. The van der Waals surface area contributed by atoms with Crippen molar-refractivity contribution in [1.29, 1.82) is 0 Å². The highest BCUT2D eigenvalue weighted by molar-refractivity contribution is 6.35. The molecule has 0 amide bonds. The van der Waals surface area contributed by atoms with E-state index in [1.165, 1.54) is 32.4 Å². The smallest absolute Gasteiger partial charge is 0.179 e. The van der Waals surface area contributed by atoms with Crippen LogP contribution in [0, 0.1) is 12.8 Å². The second-order valence-corrected chi connectivity index (χ2v) is 10.1. The van der Waals surface area contributed by atoms with Crippen LogP contribution in [0.25, 0.3) is 11.2 Å². The molecule has 0 aliphatic carbocycles. The second-order valence-electron chi connectivity index (χ2n) is 9.29. The molecule has 1 aromatic carbocycles. The highest BCUT2D eigenvalue weighted by Gasteiger charge is 2.32. The number of piperidine rings is 1. The molecule has 5 rings (SSSR count). The fourth-order valence-corrected chi connectivity index (χ4v) is 5.96. The summed E-state index contributed by atoms with van der Waals surface area (Å²) in [7, 11) is 0. The summed E-state index contributed by atoms with van der Waals surface area (Å²) < 4.78 is 1.94. The van der Waals surface area contributed by atoms with Crippen molar-refractivity contribution in [1.82, 2.24) is 24.6 Å². The lowest BCUT2D eigenvalue weighted by Gasteiger charge is -2.41. The molecule has 0 spiro atoms. The van der Waals surface area contributed by atoms with Gasteiger partial charge in [0.2, 0.25) is 0 Å². The monoisotopic (exact) mass is 472 g/mol. The molecule has 0 N–H and O–H groups in total. The molecule has 2 aromatic heterocycles. The molecule has 2 aliphatic heterocycles. The Morgan fingerprint density at radius 1 is 1.12 bits per heavy atom. The van der Waals surface area contributed by atoms with Crippen LogP contribution in [0.1, 0.15) is 50.4 Å². The maximum atomic E-state index is 6.49. The third-order valence-electron chi connectivity index (χ3n) is 7.13. The van der Waals surface area contributed by atoms with Crippen molar-refractivity contribution in [3.63, 3.8) is 0 Å². The van der Waals surface area contributed by atoms with Crippen molar-refractivity contribution < 1.29 is 0 Å². The predicted molar refractivity (Wildman–Crippen MR) is 131 cm³/mol. The van der Waals surface area contributed by atoms with E-state index in [1.807, 2.05) is 29.9 Å². The van der Waals surface area contributed by atoms with Crippen molar-refractivity contribution in [3.05, 3.63) is 45.7 Å². The molecule has 0 radical (unpaired) electrons. The first kappa shape index (κ1) is 21.9. The van der Waals surface area contributed by atoms with Crippen LogP contribution in [0.3, 0.4) is 0 Å². The van der Waals surface area contributed by atoms with Gasteiger partial charge < -0.3 is 4.90 Å². The van der Waals surface area contributed by atoms with Gasteiger partial charge in [0.05, 0.1) is 17.9 Å². The van der Waals surface area contributed by atoms with E-state index in [1.54, 1.807) is 6.07 Å². The standard InChI is InChI=1S/C24H30Cl2N6/c1-15-14-31(11-8-21(15)30-9-4-5-10-30)22-13-27-23-16(2)29-32(24(23)28-22)17(3)19-7-6-18(25)12-20(19)26/h6-7,12-13,15,17,21H,4-5,8-11,14H2,1-3H3/t15?,17-,21?/m1/s1. The van der Waals surface area contributed by atoms with Gasteiger partial charge in [-0.2, -0.15) is 5.10 Å². The largest absolute Gasteiger partial charge is 0.355 e. The zero-order valence-electron chi connectivity index (χ0n) is 18.9. The zero-order chi connectivity index (χ0) is 22.4. The average Bonchev–Trinajstić information content (AvgIpc) is 3.41. The fourth-order valence-electron chi connectivity index (χ4n) is 5.39. The molecule has 0 bridgehead atoms. The molecule has 4 heterocycles. The Hall–Kier alpha value is -1.89. The van der Waals surface area contributed by atoms with Gasteiger partial charge in [-0.15, -0.1) is 0 Å². The maximum Gasteiger partial charge on any atom is 0.179 e. The highest BCUT2D eigenvalue weighted by atomic mass is 35.5. The summed E-state index contributed by atoms with van der Waals surface area (Å²) in [5, 5.41) is 6.03. The number of fused-ring (bicyclic) bond motifs is 1. The normalized spacial score (nSPS) is 23.2. The topological polar surface area (TPSA) is 50.1 Å². The molecule has 2 saturated heterocycles. The summed E-state index contributed by atoms with van der Waals surface area (Å²) >= 11 is 12.6. The van der Waals surface area contributed by atoms with Crippen molar-refractivity contribution in [2.75, 3.05) is 31.1 Å². The van der Waals surface area contributed by atoms with E-state index in [9.17, 15) is 0 Å². The number of benzene rings is 1. The van der Waals surface area contributed by atoms with E-state index in [2.05, 4.69) is 23.6 Å². The number of halogens is 2. The van der Waals surface area contributed by atoms with Gasteiger partial charge in [-0.25, -0.2) is 14.6 Å². The molecular weight excluding hydrogens is 443 g/mol. The zero-order valence-corrected chi connectivity index (χ0v) is 20.4. The summed E-state index contributed by atoms with van der Waals surface area (Å²) in [6, 6.07) is 6.20. The molecular formula is C24H30Cl2N6. The van der Waals surface area contributed by atoms with Crippen LogP contribution in [0.2, 0.25) is 10.0 Å². The van der Waals surface area contributed by atoms with Gasteiger partial charge in [0.25, 0.3) is 0 Å². The van der Waals surface area contributed by atoms with Crippen LogP contribution in [-0.4, -0.2) is 56.9 Å². The lowest BCUT2D eigenvalue weighted by atomic mass is 9.92. The van der Waals surface area contributed by atoms with E-state index in [0.717, 1.165) is 41.3 Å². The summed E-state index contributed by atoms with van der Waals surface area (Å²) in [6.45, 7) is 11.0. The van der Waals surface area contributed by atoms with Crippen LogP contribution >= 0.6 is 23.2 Å². The van der Waals surface area contributed by atoms with E-state index >= 15 is 0 Å². The van der Waals surface area contributed by atoms with Crippen LogP contribution in [-0.2, 0) is 0 Å². The number of likely N-dealkylation sites (tertiary alicyclic amines) is 1. The summed E-state index contributed by atoms with van der Waals surface area (Å²) in [6.07, 6.45) is 5.77. The van der Waals surface area contributed by atoms with E-state index in [4.69, 9.17) is 38.3 Å². The Morgan fingerprint density at radius 2 is 1.91 bits per heavy atom. The number of aryl methyl sites for hydroxylation is 1. The van der Waals surface area contributed by atoms with E-state index in [0.29, 0.717) is 22.0 Å². The number of hydrogen-bond donors (Lipinski definition) is 0. The Bertz CT molecular complexity index is 1120. The Kier molecular flexibility index (Phi) is 6.03. The van der Waals surface area contributed by atoms with E-state index < -0.39 is 0 Å². The Morgan fingerprint density at radius 3 is 2.62 bits per heavy atom. The summed E-state index contributed by atoms with van der Waals surface area (Å²) in [5.41, 5.74) is 3.48. The first-order chi connectivity index (χ1) is 15.4. The van der Waals surface area contributed by atoms with Crippen molar-refractivity contribution >= 4 is 40.2 Å². The molecule has 0 saturated carbocycles. The lowest BCUT2D eigenvalue weighted by Crippen LogP contribution is -2.49. The molecule has 32 heavy (non-hydrogen) atoms. The molecule has 170 valence electrons. The van der Waals surface area contributed by atoms with Gasteiger partial charge in [0.15, 0.2) is 5.65 Å². The molecule has 3 atom stereocenters.